The number of sulfonamides is 1. The van der Waals surface area contributed by atoms with Gasteiger partial charge in [0.2, 0.25) is 22.7 Å². The Labute approximate surface area is 246 Å². The maximum absolute atomic E-state index is 13.6. The average molecular weight is 593 g/mol. The zero-order valence-corrected chi connectivity index (χ0v) is 24.8. The van der Waals surface area contributed by atoms with Crippen LogP contribution < -0.4 is 9.47 Å². The summed E-state index contributed by atoms with van der Waals surface area (Å²) in [7, 11) is -3.83. The molecule has 3 aromatic rings. The largest absolute Gasteiger partial charge is 0.454 e. The molecule has 6 rings (SSSR count). The van der Waals surface area contributed by atoms with E-state index in [9.17, 15) is 13.2 Å². The van der Waals surface area contributed by atoms with Gasteiger partial charge in [-0.1, -0.05) is 47.1 Å². The van der Waals surface area contributed by atoms with Crippen molar-refractivity contribution in [2.24, 2.45) is 5.92 Å². The number of carbonyl (C=O) groups is 1. The Bertz CT molecular complexity index is 1570. The fourth-order valence-corrected chi connectivity index (χ4v) is 7.52. The Hall–Kier alpha value is -3.67. The van der Waals surface area contributed by atoms with Gasteiger partial charge in [-0.2, -0.15) is 4.31 Å². The molecule has 2 aromatic carbocycles. The van der Waals surface area contributed by atoms with Crippen LogP contribution in [0.2, 0.25) is 0 Å². The molecule has 0 bridgehead atoms. The SMILES string of the molecule is Cc1ccc(C=Cc2onc(C)c2S(=O)(=O)N2CCC(C(=O)N3CCN(Cc4ccc5c(c4)OCO5)CC3)CC2)cc1. The van der Waals surface area contributed by atoms with Crippen LogP contribution in [0.1, 0.15) is 41.0 Å². The molecule has 1 aromatic heterocycles. The van der Waals surface area contributed by atoms with Crippen molar-refractivity contribution in [3.05, 3.63) is 70.6 Å². The van der Waals surface area contributed by atoms with Crippen molar-refractivity contribution in [3.8, 4) is 11.5 Å². The number of ether oxygens (including phenoxy) is 2. The van der Waals surface area contributed by atoms with E-state index in [4.69, 9.17) is 14.0 Å². The maximum Gasteiger partial charge on any atom is 0.248 e. The van der Waals surface area contributed by atoms with E-state index in [-0.39, 0.29) is 42.4 Å². The number of hydrogen-bond acceptors (Lipinski definition) is 8. The lowest BCUT2D eigenvalue weighted by Gasteiger charge is -2.38. The Morgan fingerprint density at radius 2 is 1.64 bits per heavy atom. The van der Waals surface area contributed by atoms with Gasteiger partial charge in [-0.25, -0.2) is 8.42 Å². The molecule has 10 nitrogen and oxygen atoms in total. The number of benzene rings is 2. The molecule has 4 heterocycles. The molecular formula is C31H36N4O6S. The lowest BCUT2D eigenvalue weighted by molar-refractivity contribution is -0.138. The molecule has 0 spiro atoms. The van der Waals surface area contributed by atoms with Crippen LogP contribution in [0.5, 0.6) is 11.5 Å². The van der Waals surface area contributed by atoms with Gasteiger partial charge in [0.25, 0.3) is 0 Å². The van der Waals surface area contributed by atoms with Crippen molar-refractivity contribution < 1.29 is 27.2 Å². The average Bonchev–Trinajstić information content (AvgIpc) is 3.63. The summed E-state index contributed by atoms with van der Waals surface area (Å²) in [5.74, 6) is 1.72. The van der Waals surface area contributed by atoms with Crippen LogP contribution in [-0.2, 0) is 21.4 Å². The number of aryl methyl sites for hydroxylation is 2. The predicted octanol–water partition coefficient (Wildman–Crippen LogP) is 3.94. The highest BCUT2D eigenvalue weighted by atomic mass is 32.2. The molecule has 222 valence electrons. The first-order valence-corrected chi connectivity index (χ1v) is 15.8. The summed E-state index contributed by atoms with van der Waals surface area (Å²) in [5.41, 5.74) is 3.57. The smallest absolute Gasteiger partial charge is 0.248 e. The van der Waals surface area contributed by atoms with Gasteiger partial charge in [-0.15, -0.1) is 0 Å². The number of carbonyl (C=O) groups excluding carboxylic acids is 1. The topological polar surface area (TPSA) is 105 Å². The maximum atomic E-state index is 13.6. The number of piperazine rings is 1. The molecule has 0 unspecified atom stereocenters. The molecule has 0 aliphatic carbocycles. The third kappa shape index (κ3) is 5.95. The van der Waals surface area contributed by atoms with Crippen molar-refractivity contribution in [3.63, 3.8) is 0 Å². The van der Waals surface area contributed by atoms with Gasteiger partial charge < -0.3 is 18.9 Å². The molecule has 2 fully saturated rings. The third-order valence-corrected chi connectivity index (χ3v) is 10.3. The summed E-state index contributed by atoms with van der Waals surface area (Å²) in [6.45, 7) is 8.19. The highest BCUT2D eigenvalue weighted by Crippen LogP contribution is 2.33. The van der Waals surface area contributed by atoms with Crippen molar-refractivity contribution in [2.75, 3.05) is 46.1 Å². The first-order chi connectivity index (χ1) is 20.3. The Morgan fingerprint density at radius 3 is 2.38 bits per heavy atom. The molecule has 3 aliphatic heterocycles. The second-order valence-electron chi connectivity index (χ2n) is 11.2. The fraction of sp³-hybridized carbons (Fsp3) is 0.419. The van der Waals surface area contributed by atoms with E-state index in [0.717, 1.165) is 47.8 Å². The summed E-state index contributed by atoms with van der Waals surface area (Å²) in [6, 6.07) is 13.9. The molecule has 0 atom stereocenters. The Morgan fingerprint density at radius 1 is 0.929 bits per heavy atom. The van der Waals surface area contributed by atoms with Gasteiger partial charge in [0.05, 0.1) is 0 Å². The highest BCUT2D eigenvalue weighted by molar-refractivity contribution is 7.89. The number of piperidine rings is 1. The predicted molar refractivity (Wildman–Crippen MR) is 157 cm³/mol. The quantitative estimate of drug-likeness (QED) is 0.407. The van der Waals surface area contributed by atoms with E-state index in [1.807, 2.05) is 54.3 Å². The minimum Gasteiger partial charge on any atom is -0.454 e. The second kappa shape index (κ2) is 11.9. The molecule has 2 saturated heterocycles. The zero-order chi connectivity index (χ0) is 29.3. The summed E-state index contributed by atoms with van der Waals surface area (Å²) in [4.78, 5) is 17.7. The zero-order valence-electron chi connectivity index (χ0n) is 24.0. The number of hydrogen-bond donors (Lipinski definition) is 0. The molecule has 0 N–H and O–H groups in total. The first-order valence-electron chi connectivity index (χ1n) is 14.4. The van der Waals surface area contributed by atoms with Gasteiger partial charge in [-0.3, -0.25) is 9.69 Å². The standard InChI is InChI=1S/C31H36N4O6S/c1-22-3-5-24(6-4-22)7-10-28-30(23(2)32-41-28)42(37,38)35-13-11-26(12-14-35)31(36)34-17-15-33(16-18-34)20-25-8-9-27-29(19-25)40-21-39-27/h3-10,19,26H,11-18,20-21H2,1-2H3. The van der Waals surface area contributed by atoms with Crippen molar-refractivity contribution in [2.45, 2.75) is 38.1 Å². The third-order valence-electron chi connectivity index (χ3n) is 8.27. The van der Waals surface area contributed by atoms with E-state index >= 15 is 0 Å². The van der Waals surface area contributed by atoms with Crippen molar-refractivity contribution >= 4 is 28.1 Å². The normalized spacial score (nSPS) is 18.7. The monoisotopic (exact) mass is 592 g/mol. The summed E-state index contributed by atoms with van der Waals surface area (Å²) < 4.78 is 45.1. The van der Waals surface area contributed by atoms with Crippen LogP contribution in [0.3, 0.4) is 0 Å². The van der Waals surface area contributed by atoms with E-state index < -0.39 is 10.0 Å². The molecule has 3 aliphatic rings. The van der Waals surface area contributed by atoms with Crippen molar-refractivity contribution in [1.82, 2.24) is 19.3 Å². The van der Waals surface area contributed by atoms with Crippen LogP contribution in [0.4, 0.5) is 0 Å². The first kappa shape index (κ1) is 28.4. The highest BCUT2D eigenvalue weighted by Gasteiger charge is 2.37. The number of aromatic nitrogens is 1. The summed E-state index contributed by atoms with van der Waals surface area (Å²) in [6.07, 6.45) is 4.46. The van der Waals surface area contributed by atoms with Crippen LogP contribution in [0.15, 0.2) is 51.9 Å². The summed E-state index contributed by atoms with van der Waals surface area (Å²) >= 11 is 0. The lowest BCUT2D eigenvalue weighted by atomic mass is 9.96. The number of nitrogens with zero attached hydrogens (tertiary/aromatic N) is 4. The number of fused-ring (bicyclic) bond motifs is 1. The molecule has 0 saturated carbocycles. The van der Waals surface area contributed by atoms with Gasteiger partial charge in [0.15, 0.2) is 22.2 Å². The van der Waals surface area contributed by atoms with Gasteiger partial charge in [-0.05, 0) is 56.0 Å². The van der Waals surface area contributed by atoms with E-state index in [0.29, 0.717) is 31.6 Å². The minimum atomic E-state index is -3.83. The van der Waals surface area contributed by atoms with E-state index in [1.54, 1.807) is 13.0 Å². The summed E-state index contributed by atoms with van der Waals surface area (Å²) in [5, 5.41) is 3.95. The Balaban J connectivity index is 1.03. The van der Waals surface area contributed by atoms with Gasteiger partial charge in [0, 0.05) is 51.7 Å². The van der Waals surface area contributed by atoms with Gasteiger partial charge in [0.1, 0.15) is 5.69 Å². The molecular weight excluding hydrogens is 556 g/mol. The molecule has 42 heavy (non-hydrogen) atoms. The van der Waals surface area contributed by atoms with Crippen LogP contribution in [0.25, 0.3) is 12.2 Å². The molecule has 0 radical (unpaired) electrons. The second-order valence-corrected chi connectivity index (χ2v) is 13.0. The van der Waals surface area contributed by atoms with Gasteiger partial charge >= 0.3 is 0 Å². The Kier molecular flexibility index (Phi) is 8.06. The van der Waals surface area contributed by atoms with Crippen LogP contribution >= 0.6 is 0 Å². The molecule has 1 amide bonds. The van der Waals surface area contributed by atoms with Crippen LogP contribution in [0, 0.1) is 19.8 Å². The van der Waals surface area contributed by atoms with Crippen molar-refractivity contribution in [1.29, 1.82) is 0 Å². The van der Waals surface area contributed by atoms with E-state index in [2.05, 4.69) is 16.1 Å². The van der Waals surface area contributed by atoms with Crippen LogP contribution in [-0.4, -0.2) is 79.6 Å². The molecule has 11 heteroatoms. The minimum absolute atomic E-state index is 0.0919. The number of rotatable bonds is 7. The lowest BCUT2D eigenvalue weighted by Crippen LogP contribution is -2.51. The van der Waals surface area contributed by atoms with E-state index in [1.165, 1.54) is 4.31 Å². The number of amides is 1. The fourth-order valence-electron chi connectivity index (χ4n) is 5.80.